The zero-order chi connectivity index (χ0) is 11.8. The molecule has 4 heteroatoms. The molecular formula is C13H13ClN2O. The fraction of sp³-hybridized carbons (Fsp3) is 0.308. The van der Waals surface area contributed by atoms with Gasteiger partial charge >= 0.3 is 0 Å². The highest BCUT2D eigenvalue weighted by Crippen LogP contribution is 2.31. The van der Waals surface area contributed by atoms with Gasteiger partial charge in [-0.25, -0.2) is 0 Å². The summed E-state index contributed by atoms with van der Waals surface area (Å²) < 4.78 is 0. The maximum atomic E-state index is 12.0. The molecule has 2 aromatic rings. The average molecular weight is 249 g/mol. The lowest BCUT2D eigenvalue weighted by atomic mass is 10.1. The Morgan fingerprint density at radius 2 is 2.29 bits per heavy atom. The highest BCUT2D eigenvalue weighted by molar-refractivity contribution is 6.18. The van der Waals surface area contributed by atoms with Crippen LogP contribution in [-0.4, -0.2) is 23.3 Å². The number of hydrogen-bond donors (Lipinski definition) is 1. The molecule has 1 aliphatic rings. The van der Waals surface area contributed by atoms with Crippen molar-refractivity contribution in [1.29, 1.82) is 0 Å². The lowest BCUT2D eigenvalue weighted by Gasteiger charge is -2.17. The monoisotopic (exact) mass is 248 g/mol. The highest BCUT2D eigenvalue weighted by atomic mass is 35.5. The number of amides is 1. The lowest BCUT2D eigenvalue weighted by Crippen LogP contribution is -2.24. The summed E-state index contributed by atoms with van der Waals surface area (Å²) in [5.41, 5.74) is 2.05. The maximum absolute atomic E-state index is 12.0. The molecule has 1 amide bonds. The predicted octanol–water partition coefficient (Wildman–Crippen LogP) is 2.76. The van der Waals surface area contributed by atoms with Crippen LogP contribution >= 0.6 is 11.6 Å². The first-order valence-corrected chi connectivity index (χ1v) is 6.25. The van der Waals surface area contributed by atoms with Gasteiger partial charge in [-0.2, -0.15) is 0 Å². The minimum absolute atomic E-state index is 0.171. The van der Waals surface area contributed by atoms with Gasteiger partial charge in [-0.1, -0.05) is 6.07 Å². The Kier molecular flexibility index (Phi) is 2.56. The van der Waals surface area contributed by atoms with Crippen molar-refractivity contribution >= 4 is 34.1 Å². The molecule has 0 saturated carbocycles. The van der Waals surface area contributed by atoms with Crippen molar-refractivity contribution in [2.45, 2.75) is 6.42 Å². The predicted molar refractivity (Wildman–Crippen MR) is 69.5 cm³/mol. The van der Waals surface area contributed by atoms with E-state index in [0.29, 0.717) is 12.3 Å². The second-order valence-electron chi connectivity index (χ2n) is 4.44. The fourth-order valence-electron chi connectivity index (χ4n) is 2.42. The number of aromatic amines is 1. The van der Waals surface area contributed by atoms with Gasteiger partial charge in [0.05, 0.1) is 5.69 Å². The van der Waals surface area contributed by atoms with Crippen molar-refractivity contribution < 1.29 is 4.79 Å². The Hall–Kier alpha value is -1.48. The van der Waals surface area contributed by atoms with Gasteiger partial charge in [-0.05, 0) is 24.1 Å². The molecule has 0 spiro atoms. The van der Waals surface area contributed by atoms with Gasteiger partial charge in [0.2, 0.25) is 5.91 Å². The Bertz CT molecular complexity index is 563. The first-order valence-electron chi connectivity index (χ1n) is 5.72. The van der Waals surface area contributed by atoms with Crippen LogP contribution in [0.3, 0.4) is 0 Å². The number of H-pyrrole nitrogens is 1. The van der Waals surface area contributed by atoms with Gasteiger partial charge in [0, 0.05) is 35.9 Å². The SMILES string of the molecule is O=C1CC(CCl)CN1c1cccc2[nH]ccc12. The summed E-state index contributed by atoms with van der Waals surface area (Å²) >= 11 is 5.84. The van der Waals surface area contributed by atoms with Gasteiger partial charge in [-0.15, -0.1) is 11.6 Å². The molecule has 1 atom stereocenters. The number of aromatic nitrogens is 1. The Balaban J connectivity index is 2.04. The van der Waals surface area contributed by atoms with Gasteiger partial charge in [0.25, 0.3) is 0 Å². The normalized spacial score (nSPS) is 20.4. The van der Waals surface area contributed by atoms with Crippen LogP contribution in [-0.2, 0) is 4.79 Å². The number of nitrogens with one attached hydrogen (secondary N) is 1. The highest BCUT2D eigenvalue weighted by Gasteiger charge is 2.30. The third-order valence-electron chi connectivity index (χ3n) is 3.29. The van der Waals surface area contributed by atoms with E-state index in [1.165, 1.54) is 0 Å². The van der Waals surface area contributed by atoms with E-state index in [1.807, 2.05) is 35.4 Å². The first-order chi connectivity index (χ1) is 8.29. The third-order valence-corrected chi connectivity index (χ3v) is 3.72. The van der Waals surface area contributed by atoms with Crippen LogP contribution < -0.4 is 4.90 Å². The number of rotatable bonds is 2. The van der Waals surface area contributed by atoms with E-state index in [0.717, 1.165) is 23.1 Å². The van der Waals surface area contributed by atoms with Gasteiger partial charge in [0.1, 0.15) is 0 Å². The van der Waals surface area contributed by atoms with Crippen LogP contribution in [0.25, 0.3) is 10.9 Å². The standard InChI is InChI=1S/C13H13ClN2O/c14-7-9-6-13(17)16(8-9)12-3-1-2-11-10(12)4-5-15-11/h1-5,9,15H,6-8H2. The fourth-order valence-corrected chi connectivity index (χ4v) is 2.63. The zero-order valence-corrected chi connectivity index (χ0v) is 10.1. The number of hydrogen-bond acceptors (Lipinski definition) is 1. The van der Waals surface area contributed by atoms with Crippen molar-refractivity contribution in [3.63, 3.8) is 0 Å². The molecule has 3 nitrogen and oxygen atoms in total. The van der Waals surface area contributed by atoms with Gasteiger partial charge in [0.15, 0.2) is 0 Å². The van der Waals surface area contributed by atoms with Gasteiger partial charge < -0.3 is 9.88 Å². The van der Waals surface area contributed by atoms with Crippen LogP contribution in [0.4, 0.5) is 5.69 Å². The molecule has 1 aliphatic heterocycles. The summed E-state index contributed by atoms with van der Waals surface area (Å²) in [5.74, 6) is 0.994. The van der Waals surface area contributed by atoms with Crippen molar-refractivity contribution in [3.8, 4) is 0 Å². The molecule has 0 radical (unpaired) electrons. The van der Waals surface area contributed by atoms with Crippen molar-refractivity contribution in [2.24, 2.45) is 5.92 Å². The summed E-state index contributed by atoms with van der Waals surface area (Å²) in [7, 11) is 0. The summed E-state index contributed by atoms with van der Waals surface area (Å²) in [4.78, 5) is 17.0. The minimum Gasteiger partial charge on any atom is -0.361 e. The largest absolute Gasteiger partial charge is 0.361 e. The summed E-state index contributed by atoms with van der Waals surface area (Å²) in [6.45, 7) is 0.729. The summed E-state index contributed by atoms with van der Waals surface area (Å²) in [6, 6.07) is 7.98. The molecule has 3 rings (SSSR count). The van der Waals surface area contributed by atoms with Crippen LogP contribution in [0.15, 0.2) is 30.5 Å². The smallest absolute Gasteiger partial charge is 0.227 e. The molecule has 2 heterocycles. The Morgan fingerprint density at radius 1 is 1.41 bits per heavy atom. The number of nitrogens with zero attached hydrogens (tertiary/aromatic N) is 1. The molecule has 1 fully saturated rings. The second kappa shape index (κ2) is 4.08. The molecule has 1 aromatic heterocycles. The second-order valence-corrected chi connectivity index (χ2v) is 4.75. The van der Waals surface area contributed by atoms with E-state index in [4.69, 9.17) is 11.6 Å². The number of halogens is 1. The van der Waals surface area contributed by atoms with Crippen LogP contribution in [0.1, 0.15) is 6.42 Å². The van der Waals surface area contributed by atoms with Crippen LogP contribution in [0.2, 0.25) is 0 Å². The Morgan fingerprint density at radius 3 is 3.06 bits per heavy atom. The minimum atomic E-state index is 0.171. The number of carbonyl (C=O) groups is 1. The summed E-state index contributed by atoms with van der Waals surface area (Å²) in [6.07, 6.45) is 2.46. The molecule has 1 unspecified atom stereocenters. The van der Waals surface area contributed by atoms with Crippen molar-refractivity contribution in [1.82, 2.24) is 4.98 Å². The van der Waals surface area contributed by atoms with Crippen molar-refractivity contribution in [3.05, 3.63) is 30.5 Å². The quantitative estimate of drug-likeness (QED) is 0.815. The average Bonchev–Trinajstić information content (AvgIpc) is 2.94. The first kappa shape index (κ1) is 10.7. The third kappa shape index (κ3) is 1.71. The number of benzene rings is 1. The number of fused-ring (bicyclic) bond motifs is 1. The Labute approximate surface area is 104 Å². The van der Waals surface area contributed by atoms with E-state index in [-0.39, 0.29) is 11.8 Å². The topological polar surface area (TPSA) is 36.1 Å². The number of carbonyl (C=O) groups excluding carboxylic acids is 1. The van der Waals surface area contributed by atoms with E-state index in [9.17, 15) is 4.79 Å². The number of alkyl halides is 1. The van der Waals surface area contributed by atoms with E-state index in [1.54, 1.807) is 0 Å². The molecule has 1 saturated heterocycles. The molecule has 0 aliphatic carbocycles. The molecule has 88 valence electrons. The molecule has 0 bridgehead atoms. The molecule has 17 heavy (non-hydrogen) atoms. The number of anilines is 1. The van der Waals surface area contributed by atoms with Crippen molar-refractivity contribution in [2.75, 3.05) is 17.3 Å². The maximum Gasteiger partial charge on any atom is 0.227 e. The van der Waals surface area contributed by atoms with E-state index < -0.39 is 0 Å². The lowest BCUT2D eigenvalue weighted by molar-refractivity contribution is -0.117. The molecule has 1 N–H and O–H groups in total. The molecular weight excluding hydrogens is 236 g/mol. The molecule has 1 aromatic carbocycles. The zero-order valence-electron chi connectivity index (χ0n) is 9.32. The van der Waals surface area contributed by atoms with Crippen LogP contribution in [0, 0.1) is 5.92 Å². The van der Waals surface area contributed by atoms with Gasteiger partial charge in [-0.3, -0.25) is 4.79 Å². The van der Waals surface area contributed by atoms with Crippen LogP contribution in [0.5, 0.6) is 0 Å². The summed E-state index contributed by atoms with van der Waals surface area (Å²) in [5, 5.41) is 1.09. The van der Waals surface area contributed by atoms with E-state index in [2.05, 4.69) is 4.98 Å². The van der Waals surface area contributed by atoms with E-state index >= 15 is 0 Å².